The Morgan fingerprint density at radius 2 is 2.18 bits per heavy atom. The van der Waals surface area contributed by atoms with Crippen molar-refractivity contribution in [3.05, 3.63) is 23.2 Å². The zero-order valence-electron chi connectivity index (χ0n) is 10.1. The van der Waals surface area contributed by atoms with Crippen LogP contribution in [-0.4, -0.2) is 44.6 Å². The third-order valence-electron chi connectivity index (χ3n) is 2.07. The fraction of sp³-hybridized carbons (Fsp3) is 0.545. The maximum Gasteiger partial charge on any atom is 0.274 e. The summed E-state index contributed by atoms with van der Waals surface area (Å²) in [5, 5.41) is 9.89. The predicted molar refractivity (Wildman–Crippen MR) is 64.9 cm³/mol. The highest BCUT2D eigenvalue weighted by molar-refractivity contribution is 6.29. The summed E-state index contributed by atoms with van der Waals surface area (Å²) < 4.78 is 0. The van der Waals surface area contributed by atoms with Gasteiger partial charge in [0.25, 0.3) is 5.91 Å². The number of likely N-dealkylation sites (N-methyl/N-ethyl adjacent to an activating group) is 1. The molecule has 1 N–H and O–H groups in total. The first-order chi connectivity index (χ1) is 7.83. The van der Waals surface area contributed by atoms with Gasteiger partial charge in [0.05, 0.1) is 18.0 Å². The van der Waals surface area contributed by atoms with Crippen LogP contribution in [-0.2, 0) is 0 Å². The Morgan fingerprint density at radius 1 is 1.53 bits per heavy atom. The minimum Gasteiger partial charge on any atom is -0.389 e. The van der Waals surface area contributed by atoms with E-state index in [1.165, 1.54) is 17.3 Å². The van der Waals surface area contributed by atoms with Crippen molar-refractivity contribution >= 4 is 17.5 Å². The van der Waals surface area contributed by atoms with Gasteiger partial charge in [-0.15, -0.1) is 0 Å². The molecule has 1 aromatic rings. The maximum atomic E-state index is 12.1. The minimum atomic E-state index is -0.947. The number of amides is 1. The van der Waals surface area contributed by atoms with E-state index in [0.29, 0.717) is 6.54 Å². The van der Waals surface area contributed by atoms with Gasteiger partial charge in [0.15, 0.2) is 0 Å². The van der Waals surface area contributed by atoms with Crippen molar-refractivity contribution in [2.75, 3.05) is 13.1 Å². The molecule has 6 heteroatoms. The molecule has 0 atom stereocenters. The fourth-order valence-corrected chi connectivity index (χ4v) is 1.55. The van der Waals surface area contributed by atoms with Crippen molar-refractivity contribution in [2.24, 2.45) is 0 Å². The lowest BCUT2D eigenvalue weighted by atomic mass is 10.1. The Kier molecular flexibility index (Phi) is 4.42. The lowest BCUT2D eigenvalue weighted by Gasteiger charge is -2.27. The third kappa shape index (κ3) is 4.28. The summed E-state index contributed by atoms with van der Waals surface area (Å²) in [5.74, 6) is -0.287. The van der Waals surface area contributed by atoms with E-state index >= 15 is 0 Å². The molecule has 0 aliphatic carbocycles. The Labute approximate surface area is 105 Å². The van der Waals surface area contributed by atoms with Gasteiger partial charge in [-0.1, -0.05) is 11.6 Å². The number of carbonyl (C=O) groups excluding carboxylic acids is 1. The van der Waals surface area contributed by atoms with E-state index in [9.17, 15) is 9.90 Å². The lowest BCUT2D eigenvalue weighted by molar-refractivity contribution is 0.0311. The molecule has 0 unspecified atom stereocenters. The lowest BCUT2D eigenvalue weighted by Crippen LogP contribution is -2.42. The molecule has 1 rings (SSSR count). The van der Waals surface area contributed by atoms with E-state index < -0.39 is 5.60 Å². The maximum absolute atomic E-state index is 12.1. The van der Waals surface area contributed by atoms with Gasteiger partial charge in [-0.2, -0.15) is 0 Å². The molecule has 94 valence electrons. The van der Waals surface area contributed by atoms with Crippen LogP contribution < -0.4 is 0 Å². The number of halogens is 1. The van der Waals surface area contributed by atoms with Crippen molar-refractivity contribution in [1.82, 2.24) is 14.9 Å². The third-order valence-corrected chi connectivity index (χ3v) is 2.25. The van der Waals surface area contributed by atoms with E-state index in [2.05, 4.69) is 9.97 Å². The average molecular weight is 258 g/mol. The molecule has 1 heterocycles. The van der Waals surface area contributed by atoms with Crippen LogP contribution in [0.4, 0.5) is 0 Å². The van der Waals surface area contributed by atoms with Crippen LogP contribution in [0.3, 0.4) is 0 Å². The van der Waals surface area contributed by atoms with Crippen LogP contribution in [0.15, 0.2) is 12.4 Å². The molecule has 0 saturated heterocycles. The average Bonchev–Trinajstić information content (AvgIpc) is 2.23. The Morgan fingerprint density at radius 3 is 2.65 bits per heavy atom. The van der Waals surface area contributed by atoms with Crippen LogP contribution in [0, 0.1) is 0 Å². The molecular weight excluding hydrogens is 242 g/mol. The van der Waals surface area contributed by atoms with Crippen LogP contribution in [0.25, 0.3) is 0 Å². The van der Waals surface area contributed by atoms with Crippen molar-refractivity contribution in [2.45, 2.75) is 26.4 Å². The summed E-state index contributed by atoms with van der Waals surface area (Å²) in [7, 11) is 0. The summed E-state index contributed by atoms with van der Waals surface area (Å²) in [5.41, 5.74) is -0.763. The first-order valence-corrected chi connectivity index (χ1v) is 5.70. The van der Waals surface area contributed by atoms with E-state index in [0.717, 1.165) is 0 Å². The van der Waals surface area contributed by atoms with Crippen molar-refractivity contribution in [3.8, 4) is 0 Å². The normalized spacial score (nSPS) is 11.4. The Bertz CT molecular complexity index is 404. The van der Waals surface area contributed by atoms with Gasteiger partial charge >= 0.3 is 0 Å². The summed E-state index contributed by atoms with van der Waals surface area (Å²) in [4.78, 5) is 21.3. The van der Waals surface area contributed by atoms with Gasteiger partial charge in [0.2, 0.25) is 0 Å². The molecule has 1 amide bonds. The van der Waals surface area contributed by atoms with Crippen molar-refractivity contribution < 1.29 is 9.90 Å². The molecule has 0 aliphatic rings. The molecule has 17 heavy (non-hydrogen) atoms. The Balaban J connectivity index is 2.87. The van der Waals surface area contributed by atoms with E-state index in [1.807, 2.05) is 6.92 Å². The van der Waals surface area contributed by atoms with Gasteiger partial charge in [-0.25, -0.2) is 4.98 Å². The predicted octanol–water partition coefficient (Wildman–Crippen LogP) is 1.36. The van der Waals surface area contributed by atoms with E-state index in [4.69, 9.17) is 11.6 Å². The summed E-state index contributed by atoms with van der Waals surface area (Å²) >= 11 is 5.68. The van der Waals surface area contributed by atoms with E-state index in [-0.39, 0.29) is 23.3 Å². The molecule has 0 aromatic carbocycles. The molecule has 0 radical (unpaired) electrons. The number of aromatic nitrogens is 2. The molecule has 0 spiro atoms. The number of hydrogen-bond donors (Lipinski definition) is 1. The summed E-state index contributed by atoms with van der Waals surface area (Å²) in [6, 6.07) is 0. The number of carbonyl (C=O) groups is 1. The standard InChI is InChI=1S/C11H16ClN3O2/c1-4-15(7-11(2,3)17)10(16)8-5-13-6-9(12)14-8/h5-6,17H,4,7H2,1-3H3. The Hall–Kier alpha value is -1.20. The SMILES string of the molecule is CCN(CC(C)(C)O)C(=O)c1cncc(Cl)n1. The quantitative estimate of drug-likeness (QED) is 0.885. The van der Waals surface area contributed by atoms with Crippen LogP contribution in [0.1, 0.15) is 31.3 Å². The second-order valence-electron chi connectivity index (χ2n) is 4.36. The number of nitrogens with zero attached hydrogens (tertiary/aromatic N) is 3. The van der Waals surface area contributed by atoms with Crippen molar-refractivity contribution in [1.29, 1.82) is 0 Å². The van der Waals surface area contributed by atoms with Gasteiger partial charge in [-0.05, 0) is 20.8 Å². The highest BCUT2D eigenvalue weighted by atomic mass is 35.5. The molecule has 1 aromatic heterocycles. The first-order valence-electron chi connectivity index (χ1n) is 5.32. The summed E-state index contributed by atoms with van der Waals surface area (Å²) in [6.07, 6.45) is 2.73. The number of aliphatic hydroxyl groups is 1. The molecule has 0 aliphatic heterocycles. The van der Waals surface area contributed by atoms with Crippen LogP contribution in [0.2, 0.25) is 5.15 Å². The molecule has 0 fully saturated rings. The number of rotatable bonds is 4. The van der Waals surface area contributed by atoms with Gasteiger partial charge in [0.1, 0.15) is 10.8 Å². The van der Waals surface area contributed by atoms with E-state index in [1.54, 1.807) is 13.8 Å². The van der Waals surface area contributed by atoms with Crippen LogP contribution >= 0.6 is 11.6 Å². The molecule has 5 nitrogen and oxygen atoms in total. The highest BCUT2D eigenvalue weighted by Crippen LogP contribution is 2.10. The summed E-state index contributed by atoms with van der Waals surface area (Å²) in [6.45, 7) is 5.84. The van der Waals surface area contributed by atoms with Gasteiger partial charge in [-0.3, -0.25) is 9.78 Å². The number of hydrogen-bond acceptors (Lipinski definition) is 4. The minimum absolute atomic E-state index is 0.176. The second kappa shape index (κ2) is 5.42. The fourth-order valence-electron chi connectivity index (χ4n) is 1.40. The second-order valence-corrected chi connectivity index (χ2v) is 4.75. The van der Waals surface area contributed by atoms with Gasteiger partial charge < -0.3 is 10.0 Å². The van der Waals surface area contributed by atoms with Crippen LogP contribution in [0.5, 0.6) is 0 Å². The zero-order valence-corrected chi connectivity index (χ0v) is 10.9. The monoisotopic (exact) mass is 257 g/mol. The smallest absolute Gasteiger partial charge is 0.274 e. The largest absolute Gasteiger partial charge is 0.389 e. The first kappa shape index (κ1) is 13.9. The van der Waals surface area contributed by atoms with Crippen molar-refractivity contribution in [3.63, 3.8) is 0 Å². The van der Waals surface area contributed by atoms with Gasteiger partial charge in [0, 0.05) is 13.1 Å². The molecular formula is C11H16ClN3O2. The topological polar surface area (TPSA) is 66.3 Å². The zero-order chi connectivity index (χ0) is 13.1. The highest BCUT2D eigenvalue weighted by Gasteiger charge is 2.23. The molecule has 0 saturated carbocycles. The molecule has 0 bridgehead atoms.